The molecular weight excluding hydrogens is 242 g/mol. The Kier molecular flexibility index (Phi) is 4.10. The first-order valence-electron chi connectivity index (χ1n) is 5.66. The maximum Gasteiger partial charge on any atom is 0.231 e. The van der Waals surface area contributed by atoms with Gasteiger partial charge in [0.1, 0.15) is 0 Å². The van der Waals surface area contributed by atoms with Crippen molar-refractivity contribution < 1.29 is 14.6 Å². The van der Waals surface area contributed by atoms with E-state index in [1.54, 1.807) is 0 Å². The van der Waals surface area contributed by atoms with Gasteiger partial charge >= 0.3 is 0 Å². The monoisotopic (exact) mass is 257 g/mol. The second-order valence-corrected chi connectivity index (χ2v) is 4.39. The van der Waals surface area contributed by atoms with Gasteiger partial charge in [0, 0.05) is 12.6 Å². The van der Waals surface area contributed by atoms with Gasteiger partial charge in [-0.25, -0.2) is 0 Å². The molecule has 0 amide bonds. The number of halogens is 1. The SMILES string of the molecule is CC[C@H](CO)NCc1cc(Cl)c2c(c1)OCO2. The van der Waals surface area contributed by atoms with E-state index in [-0.39, 0.29) is 19.4 Å². The van der Waals surface area contributed by atoms with Crippen LogP contribution in [0.3, 0.4) is 0 Å². The van der Waals surface area contributed by atoms with E-state index in [2.05, 4.69) is 5.32 Å². The van der Waals surface area contributed by atoms with Gasteiger partial charge in [0.15, 0.2) is 11.5 Å². The van der Waals surface area contributed by atoms with Crippen LogP contribution in [-0.2, 0) is 6.54 Å². The van der Waals surface area contributed by atoms with Gasteiger partial charge in [-0.05, 0) is 24.1 Å². The number of aliphatic hydroxyl groups is 1. The summed E-state index contributed by atoms with van der Waals surface area (Å²) in [5, 5.41) is 12.9. The van der Waals surface area contributed by atoms with E-state index in [1.165, 1.54) is 0 Å². The van der Waals surface area contributed by atoms with Gasteiger partial charge in [0.25, 0.3) is 0 Å². The Balaban J connectivity index is 2.05. The molecule has 0 fully saturated rings. The molecule has 2 N–H and O–H groups in total. The third-order valence-electron chi connectivity index (χ3n) is 2.80. The van der Waals surface area contributed by atoms with Gasteiger partial charge < -0.3 is 19.9 Å². The van der Waals surface area contributed by atoms with Crippen LogP contribution in [0.15, 0.2) is 12.1 Å². The Labute approximate surface area is 105 Å². The molecule has 4 nitrogen and oxygen atoms in total. The maximum absolute atomic E-state index is 9.08. The molecule has 0 aliphatic carbocycles. The summed E-state index contributed by atoms with van der Waals surface area (Å²) >= 11 is 6.08. The zero-order chi connectivity index (χ0) is 12.3. The predicted octanol–water partition coefficient (Wildman–Crippen LogP) is 1.93. The fourth-order valence-electron chi connectivity index (χ4n) is 1.72. The van der Waals surface area contributed by atoms with Crippen molar-refractivity contribution in [3.63, 3.8) is 0 Å². The maximum atomic E-state index is 9.08. The number of fused-ring (bicyclic) bond motifs is 1. The molecule has 0 spiro atoms. The molecule has 0 saturated carbocycles. The molecule has 0 bridgehead atoms. The highest BCUT2D eigenvalue weighted by Gasteiger charge is 2.18. The van der Waals surface area contributed by atoms with Crippen LogP contribution >= 0.6 is 11.6 Å². The van der Waals surface area contributed by atoms with Gasteiger partial charge in [0.05, 0.1) is 11.6 Å². The average Bonchev–Trinajstić information content (AvgIpc) is 2.79. The molecule has 2 rings (SSSR count). The first-order valence-corrected chi connectivity index (χ1v) is 6.04. The van der Waals surface area contributed by atoms with Crippen LogP contribution in [0.5, 0.6) is 11.5 Å². The van der Waals surface area contributed by atoms with Gasteiger partial charge in [-0.15, -0.1) is 0 Å². The lowest BCUT2D eigenvalue weighted by atomic mass is 10.1. The van der Waals surface area contributed by atoms with Crippen molar-refractivity contribution >= 4 is 11.6 Å². The van der Waals surface area contributed by atoms with Gasteiger partial charge in [-0.1, -0.05) is 18.5 Å². The minimum absolute atomic E-state index is 0.110. The largest absolute Gasteiger partial charge is 0.454 e. The Morgan fingerprint density at radius 1 is 1.47 bits per heavy atom. The van der Waals surface area contributed by atoms with E-state index in [0.717, 1.165) is 12.0 Å². The molecule has 17 heavy (non-hydrogen) atoms. The Morgan fingerprint density at radius 2 is 2.29 bits per heavy atom. The van der Waals surface area contributed by atoms with E-state index < -0.39 is 0 Å². The summed E-state index contributed by atoms with van der Waals surface area (Å²) in [7, 11) is 0. The molecule has 1 aliphatic heterocycles. The minimum atomic E-state index is 0.110. The molecule has 1 aromatic rings. The van der Waals surface area contributed by atoms with E-state index in [0.29, 0.717) is 23.1 Å². The van der Waals surface area contributed by atoms with Crippen molar-refractivity contribution in [3.05, 3.63) is 22.7 Å². The van der Waals surface area contributed by atoms with Crippen LogP contribution in [0.4, 0.5) is 0 Å². The highest BCUT2D eigenvalue weighted by Crippen LogP contribution is 2.39. The van der Waals surface area contributed by atoms with Crippen molar-refractivity contribution in [2.45, 2.75) is 25.9 Å². The third kappa shape index (κ3) is 2.83. The number of hydrogen-bond acceptors (Lipinski definition) is 4. The lowest BCUT2D eigenvalue weighted by Crippen LogP contribution is -2.31. The summed E-state index contributed by atoms with van der Waals surface area (Å²) in [6.45, 7) is 3.03. The van der Waals surface area contributed by atoms with Crippen molar-refractivity contribution in [1.29, 1.82) is 0 Å². The summed E-state index contributed by atoms with van der Waals surface area (Å²) in [6.07, 6.45) is 0.884. The predicted molar refractivity (Wildman–Crippen MR) is 65.6 cm³/mol. The molecule has 1 aromatic carbocycles. The van der Waals surface area contributed by atoms with Crippen LogP contribution in [0.25, 0.3) is 0 Å². The molecule has 0 unspecified atom stereocenters. The first kappa shape index (κ1) is 12.5. The van der Waals surface area contributed by atoms with Crippen molar-refractivity contribution in [3.8, 4) is 11.5 Å². The first-order chi connectivity index (χ1) is 8.24. The summed E-state index contributed by atoms with van der Waals surface area (Å²) < 4.78 is 10.5. The zero-order valence-corrected chi connectivity index (χ0v) is 10.5. The quantitative estimate of drug-likeness (QED) is 0.846. The Bertz CT molecular complexity index is 394. The zero-order valence-electron chi connectivity index (χ0n) is 9.70. The highest BCUT2D eigenvalue weighted by atomic mass is 35.5. The van der Waals surface area contributed by atoms with Crippen LogP contribution in [0, 0.1) is 0 Å². The lowest BCUT2D eigenvalue weighted by Gasteiger charge is -2.14. The van der Waals surface area contributed by atoms with Crippen LogP contribution in [0.2, 0.25) is 5.02 Å². The lowest BCUT2D eigenvalue weighted by molar-refractivity contribution is 0.174. The molecule has 94 valence electrons. The number of nitrogens with one attached hydrogen (secondary N) is 1. The normalized spacial score (nSPS) is 15.0. The van der Waals surface area contributed by atoms with Crippen molar-refractivity contribution in [2.75, 3.05) is 13.4 Å². The Morgan fingerprint density at radius 3 is 3.00 bits per heavy atom. The summed E-state index contributed by atoms with van der Waals surface area (Å²) in [5.74, 6) is 1.30. The van der Waals surface area contributed by atoms with Crippen LogP contribution < -0.4 is 14.8 Å². The van der Waals surface area contributed by atoms with Gasteiger partial charge in [-0.2, -0.15) is 0 Å². The average molecular weight is 258 g/mol. The molecule has 0 radical (unpaired) electrons. The second kappa shape index (κ2) is 5.58. The summed E-state index contributed by atoms with van der Waals surface area (Å²) in [6, 6.07) is 3.87. The second-order valence-electron chi connectivity index (χ2n) is 3.98. The van der Waals surface area contributed by atoms with E-state index >= 15 is 0 Å². The number of aliphatic hydroxyl groups excluding tert-OH is 1. The Hall–Kier alpha value is -0.970. The summed E-state index contributed by atoms with van der Waals surface area (Å²) in [4.78, 5) is 0. The molecule has 1 atom stereocenters. The van der Waals surface area contributed by atoms with Crippen LogP contribution in [0.1, 0.15) is 18.9 Å². The molecule has 0 aromatic heterocycles. The van der Waals surface area contributed by atoms with Crippen molar-refractivity contribution in [2.24, 2.45) is 0 Å². The van der Waals surface area contributed by atoms with Gasteiger partial charge in [0.2, 0.25) is 6.79 Å². The van der Waals surface area contributed by atoms with Crippen LogP contribution in [-0.4, -0.2) is 24.5 Å². The third-order valence-corrected chi connectivity index (χ3v) is 3.08. The highest BCUT2D eigenvalue weighted by molar-refractivity contribution is 6.32. The molecular formula is C12H16ClNO3. The van der Waals surface area contributed by atoms with Gasteiger partial charge in [-0.3, -0.25) is 0 Å². The van der Waals surface area contributed by atoms with Crippen molar-refractivity contribution in [1.82, 2.24) is 5.32 Å². The topological polar surface area (TPSA) is 50.7 Å². The molecule has 1 heterocycles. The summed E-state index contributed by atoms with van der Waals surface area (Å²) in [5.41, 5.74) is 1.02. The molecule has 5 heteroatoms. The molecule has 1 aliphatic rings. The number of benzene rings is 1. The number of rotatable bonds is 5. The molecule has 0 saturated heterocycles. The van der Waals surface area contributed by atoms with E-state index in [4.69, 9.17) is 26.2 Å². The fraction of sp³-hybridized carbons (Fsp3) is 0.500. The van der Waals surface area contributed by atoms with E-state index in [9.17, 15) is 0 Å². The standard InChI is InChI=1S/C12H16ClNO3/c1-2-9(6-15)14-5-8-3-10(13)12-11(4-8)16-7-17-12/h3-4,9,14-15H,2,5-7H2,1H3/t9-/m1/s1. The number of ether oxygens (including phenoxy) is 2. The fourth-order valence-corrected chi connectivity index (χ4v) is 2.01. The number of hydrogen-bond donors (Lipinski definition) is 2. The smallest absolute Gasteiger partial charge is 0.231 e. The minimum Gasteiger partial charge on any atom is -0.454 e. The van der Waals surface area contributed by atoms with E-state index in [1.807, 2.05) is 19.1 Å².